The lowest BCUT2D eigenvalue weighted by atomic mass is 10.0. The summed E-state index contributed by atoms with van der Waals surface area (Å²) >= 11 is 0. The molecule has 0 rings (SSSR count). The number of aliphatic hydroxyl groups is 1. The van der Waals surface area contributed by atoms with Crippen LogP contribution >= 0.6 is 15.6 Å². The Morgan fingerprint density at radius 2 is 0.500 bits per heavy atom. The van der Waals surface area contributed by atoms with Crippen molar-refractivity contribution in [3.63, 3.8) is 0 Å². The van der Waals surface area contributed by atoms with E-state index in [9.17, 15) is 43.2 Å². The van der Waals surface area contributed by atoms with E-state index in [-0.39, 0.29) is 25.7 Å². The van der Waals surface area contributed by atoms with Gasteiger partial charge in [0, 0.05) is 25.7 Å². The van der Waals surface area contributed by atoms with E-state index >= 15 is 0 Å². The second-order valence-corrected chi connectivity index (χ2v) is 28.9. The van der Waals surface area contributed by atoms with Gasteiger partial charge in [0.05, 0.1) is 26.4 Å². The number of unbranched alkanes of at least 4 members (excludes halogenated alkanes) is 45. The zero-order valence-electron chi connectivity index (χ0n) is 59.3. The third-order valence-electron chi connectivity index (χ3n) is 16.8. The second kappa shape index (κ2) is 67.4. The molecular weight excluding hydrogens is 1210 g/mol. The van der Waals surface area contributed by atoms with E-state index < -0.39 is 97.5 Å². The number of hydrogen-bond acceptors (Lipinski definition) is 15. The van der Waals surface area contributed by atoms with Gasteiger partial charge in [0.15, 0.2) is 12.2 Å². The monoisotopic (exact) mass is 1350 g/mol. The van der Waals surface area contributed by atoms with Crippen LogP contribution in [0.4, 0.5) is 0 Å². The van der Waals surface area contributed by atoms with Gasteiger partial charge in [-0.05, 0) is 51.4 Å². The molecule has 0 heterocycles. The van der Waals surface area contributed by atoms with Crippen LogP contribution < -0.4 is 0 Å². The van der Waals surface area contributed by atoms with Crippen molar-refractivity contribution in [3.8, 4) is 0 Å². The molecule has 3 N–H and O–H groups in total. The predicted octanol–water partition coefficient (Wildman–Crippen LogP) is 21.2. The third kappa shape index (κ3) is 66.4. The number of esters is 4. The Labute approximate surface area is 561 Å². The molecule has 0 aliphatic carbocycles. The van der Waals surface area contributed by atoms with Gasteiger partial charge in [-0.25, -0.2) is 9.13 Å². The quantitative estimate of drug-likeness (QED) is 0.0169. The maximum absolute atomic E-state index is 13.0. The SMILES string of the molecule is CCCCCC/C=C\CCCCCCCC(=O)O[C@H](COC(=O)CCCCCCCCCCCCCCC)COP(=O)(O)OCC(O)COP(=O)(O)OC[C@@H](COC(=O)CCCCCCCCCCCCCCC)OC(=O)CCCCCCCCCCCCCCC. The maximum atomic E-state index is 13.0. The molecule has 0 fully saturated rings. The van der Waals surface area contributed by atoms with Gasteiger partial charge in [0.2, 0.25) is 0 Å². The first-order valence-electron chi connectivity index (χ1n) is 37.9. The largest absolute Gasteiger partial charge is 0.472 e. The van der Waals surface area contributed by atoms with Crippen molar-refractivity contribution in [2.45, 2.75) is 393 Å². The average molecular weight is 1350 g/mol. The summed E-state index contributed by atoms with van der Waals surface area (Å²) in [6.07, 6.45) is 57.7. The number of aliphatic hydroxyl groups excluding tert-OH is 1. The number of phosphoric ester groups is 2. The topological polar surface area (TPSA) is 237 Å². The van der Waals surface area contributed by atoms with Crippen LogP contribution in [0.2, 0.25) is 0 Å². The summed E-state index contributed by atoms with van der Waals surface area (Å²) in [6.45, 7) is 4.94. The molecule has 0 radical (unpaired) electrons. The van der Waals surface area contributed by atoms with Crippen LogP contribution in [-0.2, 0) is 65.4 Å². The molecule has 0 bridgehead atoms. The van der Waals surface area contributed by atoms with Gasteiger partial charge in [0.1, 0.15) is 19.3 Å². The summed E-state index contributed by atoms with van der Waals surface area (Å²) in [5.74, 6) is -2.13. The zero-order chi connectivity index (χ0) is 67.5. The number of rotatable bonds is 73. The van der Waals surface area contributed by atoms with Crippen molar-refractivity contribution in [1.29, 1.82) is 0 Å². The van der Waals surface area contributed by atoms with E-state index in [4.69, 9.17) is 37.0 Å². The van der Waals surface area contributed by atoms with Crippen molar-refractivity contribution in [2.24, 2.45) is 0 Å². The van der Waals surface area contributed by atoms with Crippen molar-refractivity contribution in [2.75, 3.05) is 39.6 Å². The first-order chi connectivity index (χ1) is 44.7. The molecule has 0 spiro atoms. The van der Waals surface area contributed by atoms with E-state index in [0.29, 0.717) is 25.7 Å². The molecule has 0 aromatic rings. The number of carbonyl (C=O) groups excluding carboxylic acids is 4. The number of hydrogen-bond donors (Lipinski definition) is 3. The van der Waals surface area contributed by atoms with Gasteiger partial charge in [-0.15, -0.1) is 0 Å². The molecule has 92 heavy (non-hydrogen) atoms. The summed E-state index contributed by atoms with van der Waals surface area (Å²) < 4.78 is 68.4. The summed E-state index contributed by atoms with van der Waals surface area (Å²) in [7, 11) is -9.91. The second-order valence-electron chi connectivity index (χ2n) is 26.0. The van der Waals surface area contributed by atoms with Crippen LogP contribution in [0.3, 0.4) is 0 Å². The van der Waals surface area contributed by atoms with Gasteiger partial charge in [-0.3, -0.25) is 37.3 Å². The fraction of sp³-hybridized carbons (Fsp3) is 0.918. The maximum Gasteiger partial charge on any atom is 0.472 e. The molecule has 19 heteroatoms. The van der Waals surface area contributed by atoms with Crippen molar-refractivity contribution in [1.82, 2.24) is 0 Å². The standard InChI is InChI=1S/C73H140O17P2/c1-5-9-13-17-21-25-29-33-37-41-45-49-53-57-70(75)83-63-68(89-72(77)59-55-51-47-43-39-35-31-27-23-19-15-11-7-3)65-87-91(79,80)85-61-67(74)62-86-92(81,82)88-66-69(90-73(78)60-56-52-48-44-40-36-32-28-24-20-16-12-8-4)64-84-71(76)58-54-50-46-42-38-34-30-26-22-18-14-10-6-2/h27,31,67-69,74H,5-26,28-30,32-66H2,1-4H3,(H,79,80)(H,81,82)/b31-27-/t67?,68-,69-/m1/s1. The van der Waals surface area contributed by atoms with Crippen LogP contribution in [0.15, 0.2) is 12.2 Å². The summed E-state index contributed by atoms with van der Waals surface area (Å²) in [5.41, 5.74) is 0. The molecule has 0 saturated heterocycles. The summed E-state index contributed by atoms with van der Waals surface area (Å²) in [5, 5.41) is 10.6. The number of allylic oxidation sites excluding steroid dienone is 2. The normalized spacial score (nSPS) is 14.0. The highest BCUT2D eigenvalue weighted by Gasteiger charge is 2.30. The molecule has 544 valence electrons. The molecular formula is C73H140O17P2. The summed E-state index contributed by atoms with van der Waals surface area (Å²) in [6, 6.07) is 0. The fourth-order valence-corrected chi connectivity index (χ4v) is 12.5. The Kier molecular flexibility index (Phi) is 65.8. The minimum absolute atomic E-state index is 0.0946. The first kappa shape index (κ1) is 89.8. The van der Waals surface area contributed by atoms with E-state index in [2.05, 4.69) is 39.8 Å². The Balaban J connectivity index is 5.27. The van der Waals surface area contributed by atoms with E-state index in [1.165, 1.54) is 193 Å². The van der Waals surface area contributed by atoms with Gasteiger partial charge < -0.3 is 33.8 Å². The van der Waals surface area contributed by atoms with E-state index in [0.717, 1.165) is 103 Å². The molecule has 0 amide bonds. The molecule has 17 nitrogen and oxygen atoms in total. The van der Waals surface area contributed by atoms with Crippen LogP contribution in [0, 0.1) is 0 Å². The molecule has 0 aliphatic rings. The Morgan fingerprint density at radius 1 is 0.293 bits per heavy atom. The summed E-state index contributed by atoms with van der Waals surface area (Å²) in [4.78, 5) is 72.7. The first-order valence-corrected chi connectivity index (χ1v) is 40.9. The highest BCUT2D eigenvalue weighted by atomic mass is 31.2. The third-order valence-corrected chi connectivity index (χ3v) is 18.7. The number of phosphoric acid groups is 2. The lowest BCUT2D eigenvalue weighted by Gasteiger charge is -2.21. The van der Waals surface area contributed by atoms with Crippen molar-refractivity contribution in [3.05, 3.63) is 12.2 Å². The van der Waals surface area contributed by atoms with Gasteiger partial charge in [-0.1, -0.05) is 310 Å². The fourth-order valence-electron chi connectivity index (χ4n) is 10.9. The minimum Gasteiger partial charge on any atom is -0.462 e. The van der Waals surface area contributed by atoms with E-state index in [1.807, 2.05) is 0 Å². The lowest BCUT2D eigenvalue weighted by Crippen LogP contribution is -2.30. The van der Waals surface area contributed by atoms with Crippen LogP contribution in [0.5, 0.6) is 0 Å². The smallest absolute Gasteiger partial charge is 0.462 e. The number of carbonyl (C=O) groups is 4. The Hall–Kier alpha value is -2.20. The Morgan fingerprint density at radius 3 is 0.761 bits per heavy atom. The Bertz CT molecular complexity index is 1800. The van der Waals surface area contributed by atoms with Gasteiger partial charge in [-0.2, -0.15) is 0 Å². The zero-order valence-corrected chi connectivity index (χ0v) is 61.1. The molecule has 0 aromatic carbocycles. The lowest BCUT2D eigenvalue weighted by molar-refractivity contribution is -0.161. The van der Waals surface area contributed by atoms with Gasteiger partial charge in [0.25, 0.3) is 0 Å². The van der Waals surface area contributed by atoms with Crippen molar-refractivity contribution < 1.29 is 80.2 Å². The molecule has 0 aliphatic heterocycles. The van der Waals surface area contributed by atoms with Crippen LogP contribution in [0.25, 0.3) is 0 Å². The molecule has 0 aromatic heterocycles. The van der Waals surface area contributed by atoms with Crippen LogP contribution in [0.1, 0.15) is 374 Å². The predicted molar refractivity (Wildman–Crippen MR) is 372 cm³/mol. The molecule has 5 atom stereocenters. The van der Waals surface area contributed by atoms with Crippen molar-refractivity contribution >= 4 is 39.5 Å². The van der Waals surface area contributed by atoms with Crippen LogP contribution in [-0.4, -0.2) is 96.7 Å². The van der Waals surface area contributed by atoms with E-state index in [1.54, 1.807) is 0 Å². The van der Waals surface area contributed by atoms with Gasteiger partial charge >= 0.3 is 39.5 Å². The number of ether oxygens (including phenoxy) is 4. The minimum atomic E-state index is -4.96. The average Bonchev–Trinajstić information content (AvgIpc) is 3.45. The highest BCUT2D eigenvalue weighted by molar-refractivity contribution is 7.47. The molecule has 3 unspecified atom stereocenters. The molecule has 0 saturated carbocycles. The highest BCUT2D eigenvalue weighted by Crippen LogP contribution is 2.45.